The van der Waals surface area contributed by atoms with Crippen LogP contribution in [0.3, 0.4) is 0 Å². The van der Waals surface area contributed by atoms with Gasteiger partial charge in [-0.1, -0.05) is 19.8 Å². The molecule has 2 amide bonds. The summed E-state index contributed by atoms with van der Waals surface area (Å²) in [5.74, 6) is 0.390. The molecule has 3 atom stereocenters. The molecule has 0 aliphatic carbocycles. The van der Waals surface area contributed by atoms with Crippen molar-refractivity contribution in [3.8, 4) is 0 Å². The van der Waals surface area contributed by atoms with Crippen LogP contribution in [-0.4, -0.2) is 65.8 Å². The zero-order chi connectivity index (χ0) is 15.2. The molecule has 0 saturated carbocycles. The van der Waals surface area contributed by atoms with E-state index in [1.807, 2.05) is 4.90 Å². The summed E-state index contributed by atoms with van der Waals surface area (Å²) in [4.78, 5) is 16.6. The van der Waals surface area contributed by atoms with Crippen LogP contribution in [-0.2, 0) is 0 Å². The van der Waals surface area contributed by atoms with Crippen LogP contribution in [0.4, 0.5) is 4.79 Å². The monoisotopic (exact) mass is 297 g/mol. The van der Waals surface area contributed by atoms with Crippen LogP contribution in [0.25, 0.3) is 0 Å². The normalized spacial score (nSPS) is 29.2. The number of nitrogens with zero attached hydrogens (tertiary/aromatic N) is 2. The van der Waals surface area contributed by atoms with Gasteiger partial charge in [-0.15, -0.1) is 0 Å². The van der Waals surface area contributed by atoms with E-state index in [1.165, 1.54) is 25.7 Å². The zero-order valence-electron chi connectivity index (χ0n) is 13.6. The van der Waals surface area contributed by atoms with Crippen molar-refractivity contribution in [3.63, 3.8) is 0 Å². The second-order valence-corrected chi connectivity index (χ2v) is 6.77. The van der Waals surface area contributed by atoms with Gasteiger partial charge < -0.3 is 20.2 Å². The fourth-order valence-corrected chi connectivity index (χ4v) is 3.58. The van der Waals surface area contributed by atoms with Crippen molar-refractivity contribution in [2.45, 2.75) is 58.0 Å². The van der Waals surface area contributed by atoms with Crippen molar-refractivity contribution in [1.29, 1.82) is 0 Å². The smallest absolute Gasteiger partial charge is 0.317 e. The number of aliphatic hydroxyl groups excluding tert-OH is 1. The fraction of sp³-hybridized carbons (Fsp3) is 0.938. The maximum atomic E-state index is 12.4. The molecule has 2 N–H and O–H groups in total. The molecule has 0 aromatic rings. The molecule has 0 unspecified atom stereocenters. The van der Waals surface area contributed by atoms with Crippen LogP contribution >= 0.6 is 0 Å². The number of amides is 2. The van der Waals surface area contributed by atoms with Gasteiger partial charge in [-0.25, -0.2) is 4.79 Å². The first-order valence-corrected chi connectivity index (χ1v) is 8.52. The van der Waals surface area contributed by atoms with E-state index in [0.29, 0.717) is 5.92 Å². The van der Waals surface area contributed by atoms with Crippen molar-refractivity contribution in [2.75, 3.05) is 32.8 Å². The van der Waals surface area contributed by atoms with E-state index in [1.54, 1.807) is 0 Å². The molecule has 21 heavy (non-hydrogen) atoms. The highest BCUT2D eigenvalue weighted by atomic mass is 16.3. The van der Waals surface area contributed by atoms with Gasteiger partial charge in [0.15, 0.2) is 0 Å². The number of nitrogens with one attached hydrogen (secondary N) is 1. The van der Waals surface area contributed by atoms with Gasteiger partial charge in [-0.3, -0.25) is 0 Å². The third-order valence-electron chi connectivity index (χ3n) is 4.93. The van der Waals surface area contributed by atoms with Crippen LogP contribution < -0.4 is 5.32 Å². The van der Waals surface area contributed by atoms with Crippen LogP contribution in [0.2, 0.25) is 0 Å². The Morgan fingerprint density at radius 2 is 1.90 bits per heavy atom. The Morgan fingerprint density at radius 1 is 1.24 bits per heavy atom. The quantitative estimate of drug-likeness (QED) is 0.830. The number of aliphatic hydroxyl groups is 1. The lowest BCUT2D eigenvalue weighted by Gasteiger charge is -2.29. The Morgan fingerprint density at radius 3 is 2.52 bits per heavy atom. The fourth-order valence-electron chi connectivity index (χ4n) is 3.58. The number of hydrogen-bond acceptors (Lipinski definition) is 3. The lowest BCUT2D eigenvalue weighted by molar-refractivity contribution is 0.140. The van der Waals surface area contributed by atoms with Gasteiger partial charge in [0.2, 0.25) is 0 Å². The Hall–Kier alpha value is -0.810. The Bertz CT molecular complexity index is 329. The first kappa shape index (κ1) is 16.6. The Balaban J connectivity index is 1.78. The lowest BCUT2D eigenvalue weighted by Crippen LogP contribution is -2.50. The SMILES string of the molecule is C[C@H](CN1CCCCCC1)NC(=O)N1CC[C@H](C)[C@H]1CO. The Kier molecular flexibility index (Phi) is 6.30. The number of likely N-dealkylation sites (tertiary alicyclic amines) is 2. The molecule has 2 fully saturated rings. The average molecular weight is 297 g/mol. The predicted molar refractivity (Wildman–Crippen MR) is 84.3 cm³/mol. The summed E-state index contributed by atoms with van der Waals surface area (Å²) < 4.78 is 0. The molecule has 2 heterocycles. The highest BCUT2D eigenvalue weighted by Gasteiger charge is 2.34. The maximum Gasteiger partial charge on any atom is 0.317 e. The molecule has 2 saturated heterocycles. The number of rotatable bonds is 4. The van der Waals surface area contributed by atoms with Crippen molar-refractivity contribution in [3.05, 3.63) is 0 Å². The summed E-state index contributed by atoms with van der Waals surface area (Å²) in [5, 5.41) is 12.6. The van der Waals surface area contributed by atoms with Gasteiger partial charge in [0.1, 0.15) is 0 Å². The second-order valence-electron chi connectivity index (χ2n) is 6.77. The molecular formula is C16H31N3O2. The first-order chi connectivity index (χ1) is 10.1. The minimum Gasteiger partial charge on any atom is -0.394 e. The average Bonchev–Trinajstić information content (AvgIpc) is 2.65. The minimum atomic E-state index is -0.0182. The standard InChI is InChI=1S/C16H31N3O2/c1-13-7-10-19(15(13)12-20)16(21)17-14(2)11-18-8-5-3-4-6-9-18/h13-15,20H,3-12H2,1-2H3,(H,17,21)/t13-,14+,15+/m0/s1. The van der Waals surface area contributed by atoms with Crippen LogP contribution in [0.1, 0.15) is 46.0 Å². The summed E-state index contributed by atoms with van der Waals surface area (Å²) >= 11 is 0. The molecule has 0 aromatic carbocycles. The topological polar surface area (TPSA) is 55.8 Å². The van der Waals surface area contributed by atoms with Crippen molar-refractivity contribution < 1.29 is 9.90 Å². The van der Waals surface area contributed by atoms with Gasteiger partial charge in [-0.2, -0.15) is 0 Å². The molecule has 5 heteroatoms. The van der Waals surface area contributed by atoms with E-state index in [-0.39, 0.29) is 24.7 Å². The predicted octanol–water partition coefficient (Wildman–Crippen LogP) is 1.66. The van der Waals surface area contributed by atoms with Crippen molar-refractivity contribution in [1.82, 2.24) is 15.1 Å². The van der Waals surface area contributed by atoms with E-state index < -0.39 is 0 Å². The maximum absolute atomic E-state index is 12.4. The summed E-state index contributed by atoms with van der Waals surface area (Å²) in [6.07, 6.45) is 6.20. The number of carbonyl (C=O) groups excluding carboxylic acids is 1. The summed E-state index contributed by atoms with van der Waals surface area (Å²) in [6.45, 7) is 8.24. The molecule has 2 aliphatic heterocycles. The van der Waals surface area contributed by atoms with Gasteiger partial charge in [0.05, 0.1) is 12.6 Å². The van der Waals surface area contributed by atoms with E-state index >= 15 is 0 Å². The minimum absolute atomic E-state index is 0.0132. The number of hydrogen-bond donors (Lipinski definition) is 2. The second kappa shape index (κ2) is 7.99. The van der Waals surface area contributed by atoms with E-state index in [4.69, 9.17) is 0 Å². The van der Waals surface area contributed by atoms with Crippen LogP contribution in [0.5, 0.6) is 0 Å². The lowest BCUT2D eigenvalue weighted by atomic mass is 10.0. The van der Waals surface area contributed by atoms with E-state index in [9.17, 15) is 9.90 Å². The highest BCUT2D eigenvalue weighted by molar-refractivity contribution is 5.75. The third kappa shape index (κ3) is 4.58. The first-order valence-electron chi connectivity index (χ1n) is 8.52. The molecule has 122 valence electrons. The van der Waals surface area contributed by atoms with Gasteiger partial charge in [0, 0.05) is 19.1 Å². The third-order valence-corrected chi connectivity index (χ3v) is 4.93. The largest absolute Gasteiger partial charge is 0.394 e. The van der Waals surface area contributed by atoms with E-state index in [0.717, 1.165) is 32.6 Å². The van der Waals surface area contributed by atoms with Crippen LogP contribution in [0, 0.1) is 5.92 Å². The molecule has 0 spiro atoms. The van der Waals surface area contributed by atoms with Gasteiger partial charge >= 0.3 is 6.03 Å². The zero-order valence-corrected chi connectivity index (χ0v) is 13.6. The van der Waals surface area contributed by atoms with Gasteiger partial charge in [-0.05, 0) is 45.2 Å². The summed E-state index contributed by atoms with van der Waals surface area (Å²) in [7, 11) is 0. The summed E-state index contributed by atoms with van der Waals surface area (Å²) in [5.41, 5.74) is 0. The number of urea groups is 1. The Labute approximate surface area is 128 Å². The molecule has 0 bridgehead atoms. The molecular weight excluding hydrogens is 266 g/mol. The summed E-state index contributed by atoms with van der Waals surface area (Å²) in [6, 6.07) is 0.127. The molecule has 2 aliphatic rings. The van der Waals surface area contributed by atoms with E-state index in [2.05, 4.69) is 24.1 Å². The highest BCUT2D eigenvalue weighted by Crippen LogP contribution is 2.23. The molecule has 0 radical (unpaired) electrons. The van der Waals surface area contributed by atoms with Gasteiger partial charge in [0.25, 0.3) is 0 Å². The van der Waals surface area contributed by atoms with Crippen LogP contribution in [0.15, 0.2) is 0 Å². The van der Waals surface area contributed by atoms with Crippen molar-refractivity contribution >= 4 is 6.03 Å². The molecule has 0 aromatic heterocycles. The molecule has 2 rings (SSSR count). The van der Waals surface area contributed by atoms with Crippen molar-refractivity contribution in [2.24, 2.45) is 5.92 Å². The number of carbonyl (C=O) groups is 1. The molecule has 5 nitrogen and oxygen atoms in total.